The number of rotatable bonds is 6. The molecular weight excluding hydrogens is 677 g/mol. The lowest BCUT2D eigenvalue weighted by atomic mass is 9.68. The van der Waals surface area contributed by atoms with E-state index in [0.717, 1.165) is 11.4 Å². The third-order valence-electron chi connectivity index (χ3n) is 12.6. The van der Waals surface area contributed by atoms with E-state index in [0.29, 0.717) is 0 Å². The van der Waals surface area contributed by atoms with Gasteiger partial charge >= 0.3 is 0 Å². The summed E-state index contributed by atoms with van der Waals surface area (Å²) >= 11 is 0. The minimum Gasteiger partial charge on any atom is -0.310 e. The lowest BCUT2D eigenvalue weighted by Crippen LogP contribution is -2.28. The zero-order valence-electron chi connectivity index (χ0n) is 31.4. The van der Waals surface area contributed by atoms with Crippen molar-refractivity contribution in [1.82, 2.24) is 4.57 Å². The molecule has 1 spiro atoms. The van der Waals surface area contributed by atoms with Crippen molar-refractivity contribution in [3.63, 3.8) is 0 Å². The molecule has 8 aromatic carbocycles. The minimum atomic E-state index is 0.0924. The molecule has 0 N–H and O–H groups in total. The monoisotopic (exact) mass is 718 g/mol. The molecule has 0 atom stereocenters. The summed E-state index contributed by atoms with van der Waals surface area (Å²) in [5.41, 5.74) is 18.0. The van der Waals surface area contributed by atoms with Crippen LogP contribution < -0.4 is 4.90 Å². The predicted molar refractivity (Wildman–Crippen MR) is 236 cm³/mol. The van der Waals surface area contributed by atoms with Gasteiger partial charge in [-0.25, -0.2) is 0 Å². The molecular formula is C54H42N2. The van der Waals surface area contributed by atoms with E-state index in [4.69, 9.17) is 0 Å². The molecule has 1 aromatic heterocycles. The van der Waals surface area contributed by atoms with E-state index in [9.17, 15) is 0 Å². The predicted octanol–water partition coefficient (Wildman–Crippen LogP) is 14.8. The van der Waals surface area contributed by atoms with Crippen LogP contribution in [0.15, 0.2) is 194 Å². The molecule has 0 aliphatic heterocycles. The van der Waals surface area contributed by atoms with Crippen molar-refractivity contribution in [2.24, 2.45) is 0 Å². The Balaban J connectivity index is 1.02. The summed E-state index contributed by atoms with van der Waals surface area (Å²) in [6.07, 6.45) is 6.32. The number of para-hydroxylation sites is 2. The van der Waals surface area contributed by atoms with E-state index < -0.39 is 0 Å². The van der Waals surface area contributed by atoms with Gasteiger partial charge in [-0.05, 0) is 124 Å². The standard InChI is InChI=1S/C54H42N2/c1-4-14-38(15-5-1)39-22-27-43(28-23-39)55(45-31-32-47-46-18-8-10-20-50(46)54(51(47)37-45)34-12-3-13-35-54)44-29-24-40(25-30-44)41-26-33-53-49(36-41)48-19-9-11-21-52(48)56(53)42-16-6-2-7-17-42/h1-2,4-11,14-33,36-37H,3,12-13,34-35H2. The summed E-state index contributed by atoms with van der Waals surface area (Å²) in [4.78, 5) is 2.45. The molecule has 2 aliphatic rings. The Morgan fingerprint density at radius 3 is 1.68 bits per heavy atom. The van der Waals surface area contributed by atoms with Gasteiger partial charge in [0, 0.05) is 38.9 Å². The van der Waals surface area contributed by atoms with Crippen LogP contribution in [0.3, 0.4) is 0 Å². The second-order valence-corrected chi connectivity index (χ2v) is 15.6. The Labute approximate surface area is 328 Å². The van der Waals surface area contributed by atoms with Crippen molar-refractivity contribution in [3.8, 4) is 39.1 Å². The second-order valence-electron chi connectivity index (χ2n) is 15.6. The third kappa shape index (κ3) is 5.24. The number of hydrogen-bond donors (Lipinski definition) is 0. The van der Waals surface area contributed by atoms with E-state index in [1.807, 2.05) is 0 Å². The van der Waals surface area contributed by atoms with Gasteiger partial charge in [0.05, 0.1) is 11.0 Å². The summed E-state index contributed by atoms with van der Waals surface area (Å²) < 4.78 is 2.38. The molecule has 2 nitrogen and oxygen atoms in total. The van der Waals surface area contributed by atoms with Gasteiger partial charge in [0.15, 0.2) is 0 Å². The normalized spacial score (nSPS) is 14.2. The van der Waals surface area contributed by atoms with Gasteiger partial charge in [-0.15, -0.1) is 0 Å². The zero-order valence-corrected chi connectivity index (χ0v) is 31.4. The molecule has 56 heavy (non-hydrogen) atoms. The van der Waals surface area contributed by atoms with Gasteiger partial charge in [0.1, 0.15) is 0 Å². The first kappa shape index (κ1) is 32.8. The summed E-state index contributed by atoms with van der Waals surface area (Å²) in [6, 6.07) is 71.8. The second kappa shape index (κ2) is 13.3. The maximum atomic E-state index is 2.52. The SMILES string of the molecule is c1ccc(-c2ccc(N(c3ccc(-c4ccc5c(c4)c4ccccc4n5-c4ccccc4)cc3)c3ccc4c(c3)C3(CCCCC3)c3ccccc3-4)cc2)cc1. The maximum Gasteiger partial charge on any atom is 0.0541 e. The average Bonchev–Trinajstić information content (AvgIpc) is 3.74. The highest BCUT2D eigenvalue weighted by Crippen LogP contribution is 2.57. The number of nitrogens with zero attached hydrogens (tertiary/aromatic N) is 2. The molecule has 2 heteroatoms. The van der Waals surface area contributed by atoms with E-state index >= 15 is 0 Å². The van der Waals surface area contributed by atoms with Crippen LogP contribution in [0.1, 0.15) is 43.2 Å². The lowest BCUT2D eigenvalue weighted by Gasteiger charge is -2.36. The van der Waals surface area contributed by atoms with Crippen molar-refractivity contribution in [3.05, 3.63) is 205 Å². The number of aromatic nitrogens is 1. The van der Waals surface area contributed by atoms with Crippen molar-refractivity contribution >= 4 is 38.9 Å². The van der Waals surface area contributed by atoms with Gasteiger partial charge in [-0.3, -0.25) is 0 Å². The highest BCUT2D eigenvalue weighted by molar-refractivity contribution is 6.10. The first-order valence-corrected chi connectivity index (χ1v) is 20.1. The number of benzene rings is 8. The van der Waals surface area contributed by atoms with Crippen molar-refractivity contribution in [1.29, 1.82) is 0 Å². The Morgan fingerprint density at radius 1 is 0.375 bits per heavy atom. The Bertz CT molecular complexity index is 2860. The molecule has 0 bridgehead atoms. The Kier molecular flexibility index (Phi) is 7.77. The Morgan fingerprint density at radius 2 is 0.929 bits per heavy atom. The van der Waals surface area contributed by atoms with E-state index in [1.54, 1.807) is 0 Å². The van der Waals surface area contributed by atoms with E-state index in [-0.39, 0.29) is 5.41 Å². The molecule has 0 saturated heterocycles. The molecule has 11 rings (SSSR count). The summed E-state index contributed by atoms with van der Waals surface area (Å²) in [5, 5.41) is 2.53. The van der Waals surface area contributed by atoms with Gasteiger partial charge in [-0.2, -0.15) is 0 Å². The van der Waals surface area contributed by atoms with Crippen LogP contribution in [0.4, 0.5) is 17.1 Å². The number of anilines is 3. The van der Waals surface area contributed by atoms with Crippen LogP contribution in [-0.2, 0) is 5.41 Å². The molecule has 0 unspecified atom stereocenters. The molecule has 268 valence electrons. The van der Waals surface area contributed by atoms with Crippen LogP contribution in [0.2, 0.25) is 0 Å². The topological polar surface area (TPSA) is 8.17 Å². The van der Waals surface area contributed by atoms with E-state index in [1.165, 1.54) is 110 Å². The van der Waals surface area contributed by atoms with Crippen LogP contribution in [0, 0.1) is 0 Å². The third-order valence-corrected chi connectivity index (χ3v) is 12.6. The molecule has 1 heterocycles. The maximum absolute atomic E-state index is 2.52. The highest BCUT2D eigenvalue weighted by atomic mass is 15.1. The number of hydrogen-bond acceptors (Lipinski definition) is 1. The van der Waals surface area contributed by atoms with Crippen LogP contribution in [0.25, 0.3) is 60.9 Å². The fourth-order valence-electron chi connectivity index (χ4n) is 9.97. The molecule has 9 aromatic rings. The lowest BCUT2D eigenvalue weighted by molar-refractivity contribution is 0.353. The quantitative estimate of drug-likeness (QED) is 0.166. The van der Waals surface area contributed by atoms with E-state index in [2.05, 4.69) is 204 Å². The molecule has 0 amide bonds. The highest BCUT2D eigenvalue weighted by Gasteiger charge is 2.43. The first-order valence-electron chi connectivity index (χ1n) is 20.1. The van der Waals surface area contributed by atoms with Crippen molar-refractivity contribution < 1.29 is 0 Å². The minimum absolute atomic E-state index is 0.0924. The molecule has 2 aliphatic carbocycles. The summed E-state index contributed by atoms with van der Waals surface area (Å²) in [5.74, 6) is 0. The zero-order chi connectivity index (χ0) is 37.1. The smallest absolute Gasteiger partial charge is 0.0541 e. The van der Waals surface area contributed by atoms with Crippen molar-refractivity contribution in [2.75, 3.05) is 4.90 Å². The van der Waals surface area contributed by atoms with Crippen LogP contribution in [-0.4, -0.2) is 4.57 Å². The Hall–Kier alpha value is -6.64. The van der Waals surface area contributed by atoms with Crippen molar-refractivity contribution in [2.45, 2.75) is 37.5 Å². The first-order chi connectivity index (χ1) is 27.7. The van der Waals surface area contributed by atoms with Crippen LogP contribution >= 0.6 is 0 Å². The number of fused-ring (bicyclic) bond motifs is 8. The molecule has 0 radical (unpaired) electrons. The van der Waals surface area contributed by atoms with Gasteiger partial charge < -0.3 is 9.47 Å². The van der Waals surface area contributed by atoms with Gasteiger partial charge in [0.2, 0.25) is 0 Å². The molecule has 1 saturated carbocycles. The fourth-order valence-corrected chi connectivity index (χ4v) is 9.97. The van der Waals surface area contributed by atoms with Gasteiger partial charge in [0.25, 0.3) is 0 Å². The fraction of sp³-hybridized carbons (Fsp3) is 0.111. The summed E-state index contributed by atoms with van der Waals surface area (Å²) in [6.45, 7) is 0. The largest absolute Gasteiger partial charge is 0.310 e. The average molecular weight is 719 g/mol. The van der Waals surface area contributed by atoms with Crippen LogP contribution in [0.5, 0.6) is 0 Å². The summed E-state index contributed by atoms with van der Waals surface area (Å²) in [7, 11) is 0. The van der Waals surface area contributed by atoms with Gasteiger partial charge in [-0.1, -0.05) is 147 Å². The molecule has 1 fully saturated rings.